The fourth-order valence-corrected chi connectivity index (χ4v) is 3.08. The zero-order valence-corrected chi connectivity index (χ0v) is 17.4. The number of alkyl halides is 3. The Kier molecular flexibility index (Phi) is 6.17. The van der Waals surface area contributed by atoms with Crippen LogP contribution in [0.5, 0.6) is 11.6 Å². The molecule has 0 unspecified atom stereocenters. The summed E-state index contributed by atoms with van der Waals surface area (Å²) in [7, 11) is 0. The lowest BCUT2D eigenvalue weighted by molar-refractivity contribution is -0.137. The third-order valence-electron chi connectivity index (χ3n) is 4.75. The molecule has 1 fully saturated rings. The van der Waals surface area contributed by atoms with Gasteiger partial charge in [0.05, 0.1) is 5.56 Å². The number of nitrogens with zero attached hydrogens (tertiary/aromatic N) is 3. The van der Waals surface area contributed by atoms with Crippen LogP contribution in [0.3, 0.4) is 0 Å². The number of nitrogens with two attached hydrogens (primary N) is 1. The van der Waals surface area contributed by atoms with Gasteiger partial charge in [-0.05, 0) is 36.8 Å². The predicted molar refractivity (Wildman–Crippen MR) is 115 cm³/mol. The van der Waals surface area contributed by atoms with Gasteiger partial charge in [0.2, 0.25) is 17.7 Å². The summed E-state index contributed by atoms with van der Waals surface area (Å²) < 4.78 is 43.4. The number of rotatable bonds is 7. The minimum Gasteiger partial charge on any atom is -0.439 e. The molecule has 10 nitrogen and oxygen atoms in total. The Hall–Kier alpha value is -4.42. The van der Waals surface area contributed by atoms with Crippen molar-refractivity contribution in [1.29, 1.82) is 0 Å². The average Bonchev–Trinajstić information content (AvgIpc) is 3.19. The van der Waals surface area contributed by atoms with E-state index in [9.17, 15) is 22.8 Å². The van der Waals surface area contributed by atoms with Crippen molar-refractivity contribution in [2.24, 2.45) is 5.73 Å². The molecule has 2 aromatic heterocycles. The molecule has 1 aliphatic rings. The summed E-state index contributed by atoms with van der Waals surface area (Å²) in [6.07, 6.45) is -3.23. The summed E-state index contributed by atoms with van der Waals surface area (Å²) in [5.41, 5.74) is 4.96. The monoisotopic (exact) mass is 473 g/mol. The van der Waals surface area contributed by atoms with Crippen LogP contribution in [0, 0.1) is 0 Å². The van der Waals surface area contributed by atoms with Crippen LogP contribution in [-0.4, -0.2) is 39.4 Å². The first-order valence-electron chi connectivity index (χ1n) is 9.99. The lowest BCUT2D eigenvalue weighted by Crippen LogP contribution is -2.30. The third-order valence-corrected chi connectivity index (χ3v) is 4.75. The molecule has 4 rings (SSSR count). The molecule has 5 N–H and O–H groups in total. The topological polar surface area (TPSA) is 144 Å². The quantitative estimate of drug-likeness (QED) is 0.410. The van der Waals surface area contributed by atoms with Gasteiger partial charge in [-0.1, -0.05) is 0 Å². The van der Waals surface area contributed by atoms with E-state index in [0.29, 0.717) is 30.6 Å². The van der Waals surface area contributed by atoms with Gasteiger partial charge in [0.15, 0.2) is 0 Å². The Labute approximate surface area is 190 Å². The second-order valence-corrected chi connectivity index (χ2v) is 7.24. The Morgan fingerprint density at radius 2 is 1.91 bits per heavy atom. The molecule has 3 aromatic rings. The summed E-state index contributed by atoms with van der Waals surface area (Å²) in [6.45, 7) is 0.534. The third kappa shape index (κ3) is 5.49. The van der Waals surface area contributed by atoms with Crippen molar-refractivity contribution >= 4 is 29.3 Å². The van der Waals surface area contributed by atoms with Crippen molar-refractivity contribution in [1.82, 2.24) is 20.3 Å². The molecule has 1 aromatic carbocycles. The lowest BCUT2D eigenvalue weighted by atomic mass is 10.2. The number of amides is 2. The molecule has 0 radical (unpaired) electrons. The fourth-order valence-electron chi connectivity index (χ4n) is 3.08. The number of ether oxygens (including phenoxy) is 1. The number of halogens is 3. The Balaban J connectivity index is 1.46. The van der Waals surface area contributed by atoms with Gasteiger partial charge in [0.25, 0.3) is 5.91 Å². The second kappa shape index (κ2) is 9.21. The van der Waals surface area contributed by atoms with Crippen molar-refractivity contribution in [3.63, 3.8) is 0 Å². The second-order valence-electron chi connectivity index (χ2n) is 7.24. The number of hydrogen-bond acceptors (Lipinski definition) is 8. The highest BCUT2D eigenvalue weighted by atomic mass is 19.4. The SMILES string of the molecule is NC(=O)c1cc(N[C@H]2CCNC2=O)nc(Nc2ccc(Oc3ccc(C(F)(F)F)cn3)cc2)n1. The summed E-state index contributed by atoms with van der Waals surface area (Å²) in [4.78, 5) is 35.5. The fraction of sp³-hybridized carbons (Fsp3) is 0.190. The highest BCUT2D eigenvalue weighted by molar-refractivity contribution is 5.92. The highest BCUT2D eigenvalue weighted by Crippen LogP contribution is 2.30. The number of hydrogen-bond donors (Lipinski definition) is 4. The van der Waals surface area contributed by atoms with Gasteiger partial charge in [-0.15, -0.1) is 0 Å². The minimum atomic E-state index is -4.48. The maximum atomic E-state index is 12.6. The van der Waals surface area contributed by atoms with Crippen molar-refractivity contribution in [2.45, 2.75) is 18.6 Å². The molecule has 13 heteroatoms. The molecule has 1 saturated heterocycles. The molecule has 176 valence electrons. The largest absolute Gasteiger partial charge is 0.439 e. The molecule has 2 amide bonds. The van der Waals surface area contributed by atoms with Crippen LogP contribution >= 0.6 is 0 Å². The highest BCUT2D eigenvalue weighted by Gasteiger charge is 2.30. The number of primary amides is 1. The van der Waals surface area contributed by atoms with E-state index in [1.807, 2.05) is 0 Å². The number of benzene rings is 1. The first-order chi connectivity index (χ1) is 16.2. The van der Waals surface area contributed by atoms with Crippen LogP contribution in [0.15, 0.2) is 48.7 Å². The number of nitrogens with one attached hydrogen (secondary N) is 3. The number of carbonyl (C=O) groups excluding carboxylic acids is 2. The van der Waals surface area contributed by atoms with Crippen molar-refractivity contribution in [2.75, 3.05) is 17.2 Å². The van der Waals surface area contributed by atoms with E-state index in [0.717, 1.165) is 12.1 Å². The molecule has 1 aliphatic heterocycles. The van der Waals surface area contributed by atoms with E-state index in [1.54, 1.807) is 24.3 Å². The van der Waals surface area contributed by atoms with Gasteiger partial charge >= 0.3 is 6.18 Å². The van der Waals surface area contributed by atoms with E-state index in [-0.39, 0.29) is 29.2 Å². The van der Waals surface area contributed by atoms with Gasteiger partial charge in [-0.25, -0.2) is 9.97 Å². The van der Waals surface area contributed by atoms with Gasteiger partial charge in [0, 0.05) is 30.6 Å². The average molecular weight is 473 g/mol. The van der Waals surface area contributed by atoms with E-state index in [4.69, 9.17) is 10.5 Å². The lowest BCUT2D eigenvalue weighted by Gasteiger charge is -2.13. The predicted octanol–water partition coefficient (Wildman–Crippen LogP) is 2.83. The number of pyridine rings is 1. The Morgan fingerprint density at radius 1 is 1.15 bits per heavy atom. The van der Waals surface area contributed by atoms with Gasteiger partial charge < -0.3 is 26.4 Å². The standard InChI is InChI=1S/C21H18F3N7O3/c22-21(23,24)11-1-6-17(27-10-11)34-13-4-2-12(3-5-13)28-20-30-15(18(25)32)9-16(31-20)29-14-7-8-26-19(14)33/h1-6,9-10,14H,7-8H2,(H2,25,32)(H,26,33)(H2,28,29,30,31)/t14-/m0/s1. The van der Waals surface area contributed by atoms with Crippen LogP contribution in [0.1, 0.15) is 22.5 Å². The van der Waals surface area contributed by atoms with Crippen molar-refractivity contribution in [3.05, 3.63) is 59.9 Å². The molecule has 1 atom stereocenters. The van der Waals surface area contributed by atoms with Crippen LogP contribution in [0.25, 0.3) is 0 Å². The van der Waals surface area contributed by atoms with Gasteiger partial charge in [-0.2, -0.15) is 18.2 Å². The van der Waals surface area contributed by atoms with Gasteiger partial charge in [-0.3, -0.25) is 9.59 Å². The van der Waals surface area contributed by atoms with E-state index < -0.39 is 23.7 Å². The first kappa shape index (κ1) is 22.8. The molecular formula is C21H18F3N7O3. The minimum absolute atomic E-state index is 0.00197. The van der Waals surface area contributed by atoms with E-state index in [1.165, 1.54) is 6.07 Å². The summed E-state index contributed by atoms with van der Waals surface area (Å²) in [6, 6.07) is 9.20. The molecule has 0 saturated carbocycles. The molecule has 0 aliphatic carbocycles. The Bertz CT molecular complexity index is 1200. The molecule has 3 heterocycles. The molecule has 0 bridgehead atoms. The van der Waals surface area contributed by atoms with Crippen LogP contribution in [0.2, 0.25) is 0 Å². The van der Waals surface area contributed by atoms with Crippen LogP contribution in [-0.2, 0) is 11.0 Å². The summed E-state index contributed by atoms with van der Waals surface area (Å²) in [5.74, 6) is -0.293. The van der Waals surface area contributed by atoms with Crippen LogP contribution in [0.4, 0.5) is 30.6 Å². The van der Waals surface area contributed by atoms with E-state index in [2.05, 4.69) is 30.9 Å². The van der Waals surface area contributed by atoms with Crippen molar-refractivity contribution < 1.29 is 27.5 Å². The number of carbonyl (C=O) groups is 2. The zero-order valence-electron chi connectivity index (χ0n) is 17.4. The Morgan fingerprint density at radius 3 is 2.50 bits per heavy atom. The summed E-state index contributed by atoms with van der Waals surface area (Å²) in [5, 5.41) is 8.57. The summed E-state index contributed by atoms with van der Waals surface area (Å²) >= 11 is 0. The maximum Gasteiger partial charge on any atom is 0.417 e. The van der Waals surface area contributed by atoms with E-state index >= 15 is 0 Å². The maximum absolute atomic E-state index is 12.6. The normalized spacial score (nSPS) is 15.5. The zero-order chi connectivity index (χ0) is 24.3. The van der Waals surface area contributed by atoms with Gasteiger partial charge in [0.1, 0.15) is 23.3 Å². The molecule has 0 spiro atoms. The first-order valence-corrected chi connectivity index (χ1v) is 9.99. The number of aromatic nitrogens is 3. The van der Waals surface area contributed by atoms with Crippen LogP contribution < -0.4 is 26.4 Å². The molecule has 34 heavy (non-hydrogen) atoms. The van der Waals surface area contributed by atoms with Crippen molar-refractivity contribution in [3.8, 4) is 11.6 Å². The number of anilines is 3. The smallest absolute Gasteiger partial charge is 0.417 e. The molecular weight excluding hydrogens is 455 g/mol.